The van der Waals surface area contributed by atoms with Crippen LogP contribution in [0.2, 0.25) is 0 Å². The Morgan fingerprint density at radius 1 is 0.897 bits per heavy atom. The minimum absolute atomic E-state index is 0.00297. The number of ether oxygens (including phenoxy) is 1. The third kappa shape index (κ3) is 3.83. The summed E-state index contributed by atoms with van der Waals surface area (Å²) in [6.45, 7) is 10.7. The highest BCUT2D eigenvalue weighted by Gasteiger charge is 2.25. The molecule has 2 heterocycles. The fraction of sp³-hybridized carbons (Fsp3) is 0.333. The molecule has 0 radical (unpaired) electrons. The summed E-state index contributed by atoms with van der Waals surface area (Å²) in [6, 6.07) is 14.5. The number of benzene rings is 2. The third-order valence-corrected chi connectivity index (χ3v) is 5.62. The molecule has 5 heteroatoms. The second kappa shape index (κ2) is 7.84. The number of morpholine rings is 1. The van der Waals surface area contributed by atoms with E-state index in [9.17, 15) is 4.79 Å². The summed E-state index contributed by atoms with van der Waals surface area (Å²) in [5, 5.41) is 4.88. The first-order valence-corrected chi connectivity index (χ1v) is 10.1. The highest BCUT2D eigenvalue weighted by atomic mass is 16.5. The van der Waals surface area contributed by atoms with Gasteiger partial charge in [0.25, 0.3) is 5.91 Å². The van der Waals surface area contributed by atoms with Gasteiger partial charge in [-0.05, 0) is 68.1 Å². The Morgan fingerprint density at radius 3 is 2.34 bits per heavy atom. The van der Waals surface area contributed by atoms with Crippen molar-refractivity contribution in [2.75, 3.05) is 26.3 Å². The van der Waals surface area contributed by atoms with Crippen molar-refractivity contribution in [2.45, 2.75) is 27.7 Å². The molecule has 29 heavy (non-hydrogen) atoms. The molecule has 1 fully saturated rings. The second-order valence-electron chi connectivity index (χ2n) is 7.82. The Morgan fingerprint density at radius 2 is 1.62 bits per heavy atom. The molecule has 3 aromatic rings. The number of hydrogen-bond donors (Lipinski definition) is 0. The lowest BCUT2D eigenvalue weighted by molar-refractivity contribution is 0.0297. The number of aryl methyl sites for hydroxylation is 4. The maximum atomic E-state index is 13.4. The molecule has 1 amide bonds. The first-order valence-electron chi connectivity index (χ1n) is 10.1. The van der Waals surface area contributed by atoms with E-state index in [0.29, 0.717) is 32.0 Å². The van der Waals surface area contributed by atoms with Crippen LogP contribution >= 0.6 is 0 Å². The molecule has 2 aromatic carbocycles. The fourth-order valence-electron chi connectivity index (χ4n) is 3.63. The van der Waals surface area contributed by atoms with Crippen LogP contribution in [0.15, 0.2) is 42.5 Å². The zero-order valence-corrected chi connectivity index (χ0v) is 17.5. The Kier molecular flexibility index (Phi) is 5.24. The van der Waals surface area contributed by atoms with Crippen LogP contribution in [0.1, 0.15) is 32.7 Å². The second-order valence-corrected chi connectivity index (χ2v) is 7.82. The first-order chi connectivity index (χ1) is 13.9. The molecular weight excluding hydrogens is 362 g/mol. The average molecular weight is 389 g/mol. The monoisotopic (exact) mass is 389 g/mol. The summed E-state index contributed by atoms with van der Waals surface area (Å²) in [6.07, 6.45) is 0. The van der Waals surface area contributed by atoms with Gasteiger partial charge in [0.2, 0.25) is 0 Å². The molecule has 0 saturated carbocycles. The summed E-state index contributed by atoms with van der Waals surface area (Å²) in [7, 11) is 0. The van der Waals surface area contributed by atoms with E-state index >= 15 is 0 Å². The molecule has 150 valence electrons. The van der Waals surface area contributed by atoms with Crippen LogP contribution in [0.4, 0.5) is 0 Å². The van der Waals surface area contributed by atoms with Crippen LogP contribution in [-0.2, 0) is 4.74 Å². The van der Waals surface area contributed by atoms with E-state index in [0.717, 1.165) is 28.1 Å². The van der Waals surface area contributed by atoms with Crippen LogP contribution in [0, 0.1) is 27.7 Å². The maximum Gasteiger partial charge on any atom is 0.272 e. The van der Waals surface area contributed by atoms with E-state index in [1.165, 1.54) is 11.1 Å². The Hall–Kier alpha value is -2.92. The zero-order valence-electron chi connectivity index (χ0n) is 17.5. The van der Waals surface area contributed by atoms with Crippen molar-refractivity contribution >= 4 is 5.91 Å². The van der Waals surface area contributed by atoms with Gasteiger partial charge in [0.05, 0.1) is 24.6 Å². The largest absolute Gasteiger partial charge is 0.378 e. The van der Waals surface area contributed by atoms with E-state index < -0.39 is 0 Å². The number of aromatic nitrogens is 2. The topological polar surface area (TPSA) is 47.4 Å². The number of hydrogen-bond acceptors (Lipinski definition) is 3. The molecule has 0 N–H and O–H groups in total. The van der Waals surface area contributed by atoms with Gasteiger partial charge >= 0.3 is 0 Å². The lowest BCUT2D eigenvalue weighted by Gasteiger charge is -2.27. The number of carbonyl (C=O) groups excluding carboxylic acids is 1. The van der Waals surface area contributed by atoms with Crippen molar-refractivity contribution in [3.05, 3.63) is 70.4 Å². The van der Waals surface area contributed by atoms with Crippen molar-refractivity contribution in [3.63, 3.8) is 0 Å². The van der Waals surface area contributed by atoms with Crippen LogP contribution in [0.5, 0.6) is 0 Å². The fourth-order valence-corrected chi connectivity index (χ4v) is 3.63. The van der Waals surface area contributed by atoms with E-state index in [1.807, 2.05) is 15.6 Å². The SMILES string of the molecule is Cc1ccc(C)c(-n2nc(-c3ccc(C)c(C)c3)cc2C(=O)N2CCOCC2)c1. The standard InChI is InChI=1S/C24H27N3O2/c1-16-5-6-18(3)22(13-16)27-23(24(28)26-9-11-29-12-10-26)15-21(25-27)20-8-7-17(2)19(4)14-20/h5-8,13-15H,9-12H2,1-4H3. The Bertz CT molecular complexity index is 1060. The molecule has 0 aliphatic carbocycles. The lowest BCUT2D eigenvalue weighted by atomic mass is 10.0. The maximum absolute atomic E-state index is 13.4. The van der Waals surface area contributed by atoms with Gasteiger partial charge in [0.1, 0.15) is 5.69 Å². The average Bonchev–Trinajstić information content (AvgIpc) is 3.17. The molecule has 1 aliphatic heterocycles. The lowest BCUT2D eigenvalue weighted by Crippen LogP contribution is -2.41. The number of amides is 1. The van der Waals surface area contributed by atoms with Crippen molar-refractivity contribution in [2.24, 2.45) is 0 Å². The van der Waals surface area contributed by atoms with Gasteiger partial charge < -0.3 is 9.64 Å². The van der Waals surface area contributed by atoms with Gasteiger partial charge in [-0.3, -0.25) is 4.79 Å². The smallest absolute Gasteiger partial charge is 0.272 e. The van der Waals surface area contributed by atoms with Crippen molar-refractivity contribution in [1.82, 2.24) is 14.7 Å². The molecule has 1 saturated heterocycles. The molecule has 0 unspecified atom stereocenters. The highest BCUT2D eigenvalue weighted by Crippen LogP contribution is 2.26. The van der Waals surface area contributed by atoms with Gasteiger partial charge in [-0.15, -0.1) is 0 Å². The predicted octanol–water partition coefficient (Wildman–Crippen LogP) is 4.25. The number of nitrogens with zero attached hydrogens (tertiary/aromatic N) is 3. The van der Waals surface area contributed by atoms with Crippen molar-refractivity contribution in [3.8, 4) is 16.9 Å². The normalized spacial score (nSPS) is 14.3. The van der Waals surface area contributed by atoms with Crippen LogP contribution in [0.25, 0.3) is 16.9 Å². The van der Waals surface area contributed by atoms with E-state index in [-0.39, 0.29) is 5.91 Å². The molecule has 5 nitrogen and oxygen atoms in total. The molecule has 4 rings (SSSR count). The van der Waals surface area contributed by atoms with Crippen molar-refractivity contribution in [1.29, 1.82) is 0 Å². The van der Waals surface area contributed by atoms with Gasteiger partial charge in [-0.25, -0.2) is 4.68 Å². The van der Waals surface area contributed by atoms with Gasteiger partial charge in [0, 0.05) is 18.7 Å². The molecule has 0 spiro atoms. The summed E-state index contributed by atoms with van der Waals surface area (Å²) >= 11 is 0. The summed E-state index contributed by atoms with van der Waals surface area (Å²) in [5.41, 5.74) is 8.04. The number of carbonyl (C=O) groups is 1. The van der Waals surface area contributed by atoms with Crippen molar-refractivity contribution < 1.29 is 9.53 Å². The predicted molar refractivity (Wildman–Crippen MR) is 115 cm³/mol. The van der Waals surface area contributed by atoms with Gasteiger partial charge in [-0.1, -0.05) is 24.3 Å². The summed E-state index contributed by atoms with van der Waals surface area (Å²) in [4.78, 5) is 15.2. The molecule has 0 bridgehead atoms. The minimum Gasteiger partial charge on any atom is -0.378 e. The van der Waals surface area contributed by atoms with E-state index in [1.54, 1.807) is 0 Å². The van der Waals surface area contributed by atoms with E-state index in [4.69, 9.17) is 9.84 Å². The zero-order chi connectivity index (χ0) is 20.5. The first kappa shape index (κ1) is 19.4. The van der Waals surface area contributed by atoms with Crippen LogP contribution < -0.4 is 0 Å². The van der Waals surface area contributed by atoms with Crippen LogP contribution in [0.3, 0.4) is 0 Å². The Balaban J connectivity index is 1.85. The van der Waals surface area contributed by atoms with Gasteiger partial charge in [0.15, 0.2) is 0 Å². The highest BCUT2D eigenvalue weighted by molar-refractivity contribution is 5.94. The molecular formula is C24H27N3O2. The van der Waals surface area contributed by atoms with E-state index in [2.05, 4.69) is 64.1 Å². The number of rotatable bonds is 3. The molecule has 1 aliphatic rings. The quantitative estimate of drug-likeness (QED) is 0.673. The Labute approximate surface area is 171 Å². The molecule has 1 aromatic heterocycles. The molecule has 0 atom stereocenters. The van der Waals surface area contributed by atoms with Crippen LogP contribution in [-0.4, -0.2) is 46.9 Å². The van der Waals surface area contributed by atoms with Gasteiger partial charge in [-0.2, -0.15) is 5.10 Å². The minimum atomic E-state index is -0.00297. The summed E-state index contributed by atoms with van der Waals surface area (Å²) in [5.74, 6) is -0.00297. The third-order valence-electron chi connectivity index (χ3n) is 5.62. The summed E-state index contributed by atoms with van der Waals surface area (Å²) < 4.78 is 7.23.